The summed E-state index contributed by atoms with van der Waals surface area (Å²) in [5.74, 6) is -2.08. The minimum atomic E-state index is -2.35. The quantitative estimate of drug-likeness (QED) is 0.0240. The monoisotopic (exact) mass is 1650 g/mol. The molecular weight excluding hydrogens is 1510 g/mol. The van der Waals surface area contributed by atoms with Crippen LogP contribution in [0.15, 0.2) is 12.2 Å². The third kappa shape index (κ3) is 30.5. The molecule has 0 aliphatic carbocycles. The molecule has 6 fully saturated rings. The number of hydrogen-bond donors (Lipinski definition) is 21. The van der Waals surface area contributed by atoms with Gasteiger partial charge in [0.2, 0.25) is 17.7 Å². The predicted molar refractivity (Wildman–Crippen MR) is 403 cm³/mol. The highest BCUT2D eigenvalue weighted by Crippen LogP contribution is 2.39. The zero-order valence-electron chi connectivity index (χ0n) is 67.0. The molecule has 6 heterocycles. The Labute approximate surface area is 669 Å². The number of hydrogen-bond acceptors (Lipinski definition) is 33. The molecule has 114 heavy (non-hydrogen) atoms. The lowest BCUT2D eigenvalue weighted by Gasteiger charge is -2.51. The molecule has 21 N–H and O–H groups in total. The Hall–Kier alpha value is -3.05. The average molecular weight is 1650 g/mol. The normalized spacial score (nSPS) is 36.8. The first-order chi connectivity index (χ1) is 54.8. The molecule has 666 valence electrons. The van der Waals surface area contributed by atoms with E-state index in [4.69, 9.17) is 56.8 Å². The maximum Gasteiger partial charge on any atom is 0.220 e. The molecule has 0 bridgehead atoms. The standard InChI is InChI=1S/C78H141N3O33/c1-5-7-9-11-13-15-17-19-20-21-22-24-26-28-30-32-34-36-54(91)81-46(47(90)35-33-31-29-27-25-23-18-16-14-12-10-8-6-2)43-103-75-65(100)63(98)69(52(41-86)108-75)111-78-67(102)72(70(53(42-87)109-78)112-73-55(79-44(3)88)60(95)57(92)48(37-82)104-73)114-74-56(80-45(4)89)61(96)68(51(40-85)107-74)110-77-66(101)71(59(94)50(39-84)106-77)113-76-64(99)62(97)58(93)49(38-83)105-76/h33,35,46-53,55-78,82-87,90,92-102H,5-32,34,36-43H2,1-4H3,(H,79,88)(H,80,89)(H,81,91)/b35-33+/t46-,47+,48?,49?,50?,51?,52?,53?,55?,56?,57-,58-,59-,60+,61+,62-,63+,64?,65?,66?,67?,68+,69+,70-,71-,72+,73-,74-,75+,76+,77-,78-/m0/s1. The van der Waals surface area contributed by atoms with Gasteiger partial charge in [-0.05, 0) is 19.3 Å². The fourth-order valence-electron chi connectivity index (χ4n) is 15.4. The van der Waals surface area contributed by atoms with Crippen LogP contribution in [0.25, 0.3) is 0 Å². The van der Waals surface area contributed by atoms with E-state index < -0.39 is 254 Å². The highest BCUT2D eigenvalue weighted by molar-refractivity contribution is 5.76. The Bertz CT molecular complexity index is 2630. The summed E-state index contributed by atoms with van der Waals surface area (Å²) in [6.07, 6.45) is -19.4. The molecule has 36 heteroatoms. The number of ether oxygens (including phenoxy) is 12. The maximum atomic E-state index is 13.7. The second kappa shape index (κ2) is 53.7. The van der Waals surface area contributed by atoms with Gasteiger partial charge in [-0.3, -0.25) is 14.4 Å². The van der Waals surface area contributed by atoms with Crippen molar-refractivity contribution in [2.45, 2.75) is 417 Å². The van der Waals surface area contributed by atoms with E-state index in [-0.39, 0.29) is 12.3 Å². The van der Waals surface area contributed by atoms with E-state index in [9.17, 15) is 106 Å². The van der Waals surface area contributed by atoms with E-state index in [1.54, 1.807) is 6.08 Å². The van der Waals surface area contributed by atoms with Crippen LogP contribution in [0.1, 0.15) is 220 Å². The number of aliphatic hydroxyl groups excluding tert-OH is 18. The van der Waals surface area contributed by atoms with Gasteiger partial charge < -0.3 is 165 Å². The Morgan fingerprint density at radius 1 is 0.342 bits per heavy atom. The van der Waals surface area contributed by atoms with Crippen molar-refractivity contribution in [3.8, 4) is 0 Å². The van der Waals surface area contributed by atoms with Crippen LogP contribution in [0.5, 0.6) is 0 Å². The van der Waals surface area contributed by atoms with Crippen LogP contribution in [0.2, 0.25) is 0 Å². The van der Waals surface area contributed by atoms with E-state index in [0.717, 1.165) is 65.2 Å². The zero-order valence-corrected chi connectivity index (χ0v) is 67.0. The first-order valence-corrected chi connectivity index (χ1v) is 42.0. The molecule has 0 saturated carbocycles. The molecular formula is C78H141N3O33. The Morgan fingerprint density at radius 3 is 1.14 bits per heavy atom. The van der Waals surface area contributed by atoms with Crippen molar-refractivity contribution in [1.82, 2.24) is 16.0 Å². The van der Waals surface area contributed by atoms with Crippen molar-refractivity contribution in [1.29, 1.82) is 0 Å². The fraction of sp³-hybridized carbons (Fsp3) is 0.936. The molecule has 36 nitrogen and oxygen atoms in total. The van der Waals surface area contributed by atoms with E-state index in [2.05, 4.69) is 29.8 Å². The molecule has 0 aromatic rings. The van der Waals surface area contributed by atoms with Gasteiger partial charge >= 0.3 is 0 Å². The van der Waals surface area contributed by atoms with Gasteiger partial charge in [0.15, 0.2) is 37.7 Å². The summed E-state index contributed by atoms with van der Waals surface area (Å²) in [6, 6.07) is -4.75. The van der Waals surface area contributed by atoms with E-state index in [1.165, 1.54) is 122 Å². The van der Waals surface area contributed by atoms with Gasteiger partial charge in [0, 0.05) is 20.3 Å². The molecule has 0 aromatic carbocycles. The minimum absolute atomic E-state index is 0.151. The number of unbranched alkanes of at least 4 members (excludes halogenated alkanes) is 27. The molecule has 3 amide bonds. The van der Waals surface area contributed by atoms with Crippen molar-refractivity contribution in [3.63, 3.8) is 0 Å². The van der Waals surface area contributed by atoms with Crippen molar-refractivity contribution >= 4 is 17.7 Å². The first-order valence-electron chi connectivity index (χ1n) is 42.0. The summed E-state index contributed by atoms with van der Waals surface area (Å²) in [4.78, 5) is 39.5. The van der Waals surface area contributed by atoms with Crippen LogP contribution in [0.3, 0.4) is 0 Å². The second-order valence-corrected chi connectivity index (χ2v) is 31.4. The van der Waals surface area contributed by atoms with Gasteiger partial charge in [-0.15, -0.1) is 0 Å². The molecule has 6 aliphatic rings. The molecule has 6 saturated heterocycles. The molecule has 6 aliphatic heterocycles. The van der Waals surface area contributed by atoms with Gasteiger partial charge in [0.1, 0.15) is 146 Å². The third-order valence-corrected chi connectivity index (χ3v) is 22.2. The lowest BCUT2D eigenvalue weighted by molar-refractivity contribution is -0.397. The van der Waals surface area contributed by atoms with Crippen LogP contribution in [-0.4, -0.2) is 352 Å². The molecule has 6 rings (SSSR count). The van der Waals surface area contributed by atoms with Crippen LogP contribution in [-0.2, 0) is 71.2 Å². The highest BCUT2D eigenvalue weighted by atomic mass is 16.8. The summed E-state index contributed by atoms with van der Waals surface area (Å²) < 4.78 is 72.0. The third-order valence-electron chi connectivity index (χ3n) is 22.2. The zero-order chi connectivity index (χ0) is 83.4. The first kappa shape index (κ1) is 99.8. The van der Waals surface area contributed by atoms with Gasteiger partial charge in [0.05, 0.1) is 58.4 Å². The Kier molecular flexibility index (Phi) is 47.0. The Balaban J connectivity index is 1.18. The van der Waals surface area contributed by atoms with Gasteiger partial charge in [-0.1, -0.05) is 193 Å². The van der Waals surface area contributed by atoms with Gasteiger partial charge in [0.25, 0.3) is 0 Å². The molecule has 0 spiro atoms. The van der Waals surface area contributed by atoms with Crippen molar-refractivity contribution in [3.05, 3.63) is 12.2 Å². The van der Waals surface area contributed by atoms with Gasteiger partial charge in [-0.2, -0.15) is 0 Å². The number of aliphatic hydroxyl groups is 18. The summed E-state index contributed by atoms with van der Waals surface area (Å²) >= 11 is 0. The summed E-state index contributed by atoms with van der Waals surface area (Å²) in [5, 5.41) is 209. The molecule has 12 unspecified atom stereocenters. The van der Waals surface area contributed by atoms with E-state index in [1.807, 2.05) is 6.08 Å². The predicted octanol–water partition coefficient (Wildman–Crippen LogP) is -1.64. The van der Waals surface area contributed by atoms with Crippen LogP contribution in [0, 0.1) is 0 Å². The number of amides is 3. The molecule has 32 atom stereocenters. The van der Waals surface area contributed by atoms with Crippen LogP contribution < -0.4 is 16.0 Å². The fourth-order valence-corrected chi connectivity index (χ4v) is 15.4. The lowest BCUT2D eigenvalue weighted by atomic mass is 9.93. The van der Waals surface area contributed by atoms with Crippen LogP contribution in [0.4, 0.5) is 0 Å². The van der Waals surface area contributed by atoms with Crippen LogP contribution >= 0.6 is 0 Å². The number of allylic oxidation sites excluding steroid dienone is 1. The smallest absolute Gasteiger partial charge is 0.220 e. The van der Waals surface area contributed by atoms with E-state index in [0.29, 0.717) is 12.8 Å². The highest BCUT2D eigenvalue weighted by Gasteiger charge is 2.59. The lowest BCUT2D eigenvalue weighted by Crippen LogP contribution is -2.71. The summed E-state index contributed by atoms with van der Waals surface area (Å²) in [7, 11) is 0. The van der Waals surface area contributed by atoms with Crippen molar-refractivity contribution in [2.24, 2.45) is 0 Å². The van der Waals surface area contributed by atoms with Gasteiger partial charge in [-0.25, -0.2) is 0 Å². The number of rotatable bonds is 54. The summed E-state index contributed by atoms with van der Waals surface area (Å²) in [5.41, 5.74) is 0. The minimum Gasteiger partial charge on any atom is -0.394 e. The largest absolute Gasteiger partial charge is 0.394 e. The topological polar surface area (TPSA) is 562 Å². The van der Waals surface area contributed by atoms with Crippen molar-refractivity contribution < 1.29 is 163 Å². The number of carbonyl (C=O) groups excluding carboxylic acids is 3. The van der Waals surface area contributed by atoms with E-state index >= 15 is 0 Å². The number of nitrogens with one attached hydrogen (secondary N) is 3. The van der Waals surface area contributed by atoms with Crippen molar-refractivity contribution in [2.75, 3.05) is 46.2 Å². The molecule has 0 aromatic heterocycles. The Morgan fingerprint density at radius 2 is 0.675 bits per heavy atom. The summed E-state index contributed by atoms with van der Waals surface area (Å²) in [6.45, 7) is -0.137. The molecule has 0 radical (unpaired) electrons. The average Bonchev–Trinajstić information content (AvgIpc) is 0.761. The second-order valence-electron chi connectivity index (χ2n) is 31.4. The number of carbonyl (C=O) groups is 3. The SMILES string of the molecule is CCCCCCCCCCCCC/C=C/[C@@H](O)[C@H](CO[C@@H]1OC(CO)[C@@H](O[C@@H]2OC(CO)[C@H](O[C@@H]3OC(CO)[C@H](O)[C@H](O)C3NC(C)=O)[C@H](O[C@@H]3OC(CO)[C@@H](O[C@@H]4OC(CO)[C@H](O)[C@H](O[C@H]5OC(CO)[C@H](O)[C@H](O)C5O)C4O)[C@H](O)C3NC(C)=O)C2O)[C@H](O)C1O)NC(=O)CCCCCCCCCCCCCCCCCCC. The maximum absolute atomic E-state index is 13.7.